The molecule has 0 aliphatic heterocycles. The van der Waals surface area contributed by atoms with Gasteiger partial charge in [-0.2, -0.15) is 5.10 Å². The first kappa shape index (κ1) is 18.5. The highest BCUT2D eigenvalue weighted by Gasteiger charge is 2.13. The first-order valence-corrected chi connectivity index (χ1v) is 8.74. The number of amides is 1. The van der Waals surface area contributed by atoms with Crippen molar-refractivity contribution in [2.75, 3.05) is 5.32 Å². The summed E-state index contributed by atoms with van der Waals surface area (Å²) in [5, 5.41) is 6.49. The minimum Gasteiger partial charge on any atom is -0.441 e. The fraction of sp³-hybridized carbons (Fsp3) is 0.100. The minimum atomic E-state index is -0.546. The van der Waals surface area contributed by atoms with Crippen molar-refractivity contribution in [2.24, 2.45) is 0 Å². The number of aryl methyl sites for hydroxylation is 1. The number of benzene rings is 2. The van der Waals surface area contributed by atoms with Crippen LogP contribution in [0.4, 0.5) is 14.5 Å². The lowest BCUT2D eigenvalue weighted by atomic mass is 10.2. The fourth-order valence-corrected chi connectivity index (χ4v) is 2.76. The van der Waals surface area contributed by atoms with Gasteiger partial charge in [0, 0.05) is 18.5 Å². The molecule has 2 heterocycles. The van der Waals surface area contributed by atoms with Crippen molar-refractivity contribution in [3.8, 4) is 17.0 Å². The zero-order valence-electron chi connectivity index (χ0n) is 15.0. The van der Waals surface area contributed by atoms with Gasteiger partial charge in [0.1, 0.15) is 24.2 Å². The summed E-state index contributed by atoms with van der Waals surface area (Å²) in [6.45, 7) is 0. The predicted molar refractivity (Wildman–Crippen MR) is 100 cm³/mol. The second-order valence-corrected chi connectivity index (χ2v) is 6.15. The van der Waals surface area contributed by atoms with E-state index < -0.39 is 11.6 Å². The molecule has 0 bridgehead atoms. The summed E-state index contributed by atoms with van der Waals surface area (Å²) >= 11 is 0. The molecular weight excluding hydrogens is 380 g/mol. The molecule has 0 atom stereocenters. The van der Waals surface area contributed by atoms with E-state index in [0.29, 0.717) is 22.9 Å². The number of rotatable bonds is 6. The molecule has 7 nitrogen and oxygen atoms in total. The van der Waals surface area contributed by atoms with Gasteiger partial charge in [-0.1, -0.05) is 12.1 Å². The molecule has 0 radical (unpaired) electrons. The van der Waals surface area contributed by atoms with E-state index in [-0.39, 0.29) is 24.4 Å². The lowest BCUT2D eigenvalue weighted by Crippen LogP contribution is -2.13. The highest BCUT2D eigenvalue weighted by molar-refractivity contribution is 5.90. The Bertz CT molecular complexity index is 1140. The van der Waals surface area contributed by atoms with Gasteiger partial charge in [0.05, 0.1) is 11.8 Å². The summed E-state index contributed by atoms with van der Waals surface area (Å²) in [5.74, 6) is -0.682. The van der Waals surface area contributed by atoms with E-state index in [4.69, 9.17) is 4.42 Å². The van der Waals surface area contributed by atoms with Gasteiger partial charge in [-0.3, -0.25) is 4.79 Å². The van der Waals surface area contributed by atoms with E-state index in [0.717, 1.165) is 0 Å². The van der Waals surface area contributed by atoms with Crippen LogP contribution in [0, 0.1) is 11.6 Å². The molecule has 4 rings (SSSR count). The summed E-state index contributed by atoms with van der Waals surface area (Å²) in [6, 6.07) is 10.5. The van der Waals surface area contributed by atoms with Gasteiger partial charge in [-0.15, -0.1) is 0 Å². The van der Waals surface area contributed by atoms with Gasteiger partial charge in [-0.25, -0.2) is 23.4 Å². The van der Waals surface area contributed by atoms with Gasteiger partial charge in [-0.05, 0) is 30.3 Å². The van der Waals surface area contributed by atoms with E-state index in [9.17, 15) is 13.6 Å². The SMILES string of the molecule is O=C(CCc1ncc(-c2ccccc2F)o1)Nc1ccc(-n2cncn2)c(F)c1. The monoisotopic (exact) mass is 395 g/mol. The number of oxazole rings is 1. The Hall–Kier alpha value is -3.88. The number of carbonyl (C=O) groups is 1. The predicted octanol–water partition coefficient (Wildman–Crippen LogP) is 3.77. The molecule has 0 aliphatic carbocycles. The number of aromatic nitrogens is 4. The van der Waals surface area contributed by atoms with Crippen molar-refractivity contribution >= 4 is 11.6 Å². The normalized spacial score (nSPS) is 10.8. The lowest BCUT2D eigenvalue weighted by molar-refractivity contribution is -0.116. The fourth-order valence-electron chi connectivity index (χ4n) is 2.76. The van der Waals surface area contributed by atoms with Crippen molar-refractivity contribution in [3.05, 3.63) is 78.8 Å². The highest BCUT2D eigenvalue weighted by atomic mass is 19.1. The maximum Gasteiger partial charge on any atom is 0.224 e. The Morgan fingerprint density at radius 2 is 2.00 bits per heavy atom. The summed E-state index contributed by atoms with van der Waals surface area (Å²) in [6.07, 6.45) is 4.39. The van der Waals surface area contributed by atoms with Crippen molar-refractivity contribution in [3.63, 3.8) is 0 Å². The third kappa shape index (κ3) is 4.18. The van der Waals surface area contributed by atoms with Gasteiger partial charge < -0.3 is 9.73 Å². The zero-order valence-corrected chi connectivity index (χ0v) is 15.0. The molecule has 146 valence electrons. The molecule has 0 saturated heterocycles. The second-order valence-electron chi connectivity index (χ2n) is 6.15. The number of anilines is 1. The van der Waals surface area contributed by atoms with Crippen LogP contribution in [0.1, 0.15) is 12.3 Å². The van der Waals surface area contributed by atoms with Crippen molar-refractivity contribution in [1.82, 2.24) is 19.7 Å². The molecule has 1 N–H and O–H groups in total. The number of nitrogens with one attached hydrogen (secondary N) is 1. The average Bonchev–Trinajstić information content (AvgIpc) is 3.39. The Balaban J connectivity index is 1.36. The first-order valence-electron chi connectivity index (χ1n) is 8.74. The van der Waals surface area contributed by atoms with E-state index in [1.807, 2.05) is 0 Å². The molecule has 0 spiro atoms. The number of halogens is 2. The third-order valence-electron chi connectivity index (χ3n) is 4.16. The topological polar surface area (TPSA) is 85.8 Å². The highest BCUT2D eigenvalue weighted by Crippen LogP contribution is 2.24. The summed E-state index contributed by atoms with van der Waals surface area (Å²) in [7, 11) is 0. The van der Waals surface area contributed by atoms with Crippen LogP contribution in [0.2, 0.25) is 0 Å². The van der Waals surface area contributed by atoms with Gasteiger partial charge >= 0.3 is 0 Å². The second kappa shape index (κ2) is 8.01. The molecule has 0 aliphatic rings. The maximum absolute atomic E-state index is 14.2. The van der Waals surface area contributed by atoms with Gasteiger partial charge in [0.2, 0.25) is 5.91 Å². The van der Waals surface area contributed by atoms with E-state index >= 15 is 0 Å². The molecule has 4 aromatic rings. The van der Waals surface area contributed by atoms with Crippen LogP contribution in [0.5, 0.6) is 0 Å². The van der Waals surface area contributed by atoms with Crippen LogP contribution >= 0.6 is 0 Å². The van der Waals surface area contributed by atoms with E-state index in [1.54, 1.807) is 24.3 Å². The largest absolute Gasteiger partial charge is 0.441 e. The third-order valence-corrected chi connectivity index (χ3v) is 4.16. The van der Waals surface area contributed by atoms with Gasteiger partial charge in [0.25, 0.3) is 0 Å². The Kier molecular flexibility index (Phi) is 5.10. The Morgan fingerprint density at radius 3 is 2.76 bits per heavy atom. The maximum atomic E-state index is 14.2. The average molecular weight is 395 g/mol. The number of hydrogen-bond donors (Lipinski definition) is 1. The number of carbonyl (C=O) groups excluding carboxylic acids is 1. The van der Waals surface area contributed by atoms with Crippen LogP contribution in [-0.4, -0.2) is 25.7 Å². The molecule has 2 aromatic heterocycles. The van der Waals surface area contributed by atoms with E-state index in [1.165, 1.54) is 41.7 Å². The van der Waals surface area contributed by atoms with E-state index in [2.05, 4.69) is 20.4 Å². The zero-order chi connectivity index (χ0) is 20.2. The van der Waals surface area contributed by atoms with Crippen LogP contribution in [0.3, 0.4) is 0 Å². The van der Waals surface area contributed by atoms with Crippen LogP contribution in [0.25, 0.3) is 17.0 Å². The molecular formula is C20H15F2N5O2. The Morgan fingerprint density at radius 1 is 1.14 bits per heavy atom. The van der Waals surface area contributed by atoms with Crippen LogP contribution < -0.4 is 5.32 Å². The standard InChI is InChI=1S/C20H15F2N5O2/c21-15-4-2-1-3-14(15)18-10-24-20(29-18)8-7-19(28)26-13-5-6-17(16(22)9-13)27-12-23-11-25-27/h1-6,9-12H,7-8H2,(H,26,28). The van der Waals surface area contributed by atoms with Crippen molar-refractivity contribution < 1.29 is 18.0 Å². The Labute approximate surface area is 164 Å². The van der Waals surface area contributed by atoms with Crippen LogP contribution in [0.15, 0.2) is 65.7 Å². The molecule has 0 fully saturated rings. The molecule has 29 heavy (non-hydrogen) atoms. The smallest absolute Gasteiger partial charge is 0.224 e. The molecule has 0 saturated carbocycles. The molecule has 2 aromatic carbocycles. The molecule has 1 amide bonds. The molecule has 0 unspecified atom stereocenters. The lowest BCUT2D eigenvalue weighted by Gasteiger charge is -2.07. The molecule has 9 heteroatoms. The quantitative estimate of drug-likeness (QED) is 0.537. The summed E-state index contributed by atoms with van der Waals surface area (Å²) < 4.78 is 34.8. The van der Waals surface area contributed by atoms with Crippen LogP contribution in [-0.2, 0) is 11.2 Å². The number of nitrogens with zero attached hydrogens (tertiary/aromatic N) is 4. The summed E-state index contributed by atoms with van der Waals surface area (Å²) in [5.41, 5.74) is 0.843. The number of hydrogen-bond acceptors (Lipinski definition) is 5. The van der Waals surface area contributed by atoms with Crippen molar-refractivity contribution in [1.29, 1.82) is 0 Å². The van der Waals surface area contributed by atoms with Gasteiger partial charge in [0.15, 0.2) is 17.5 Å². The summed E-state index contributed by atoms with van der Waals surface area (Å²) in [4.78, 5) is 20.0. The first-order chi connectivity index (χ1) is 14.1. The van der Waals surface area contributed by atoms with Crippen molar-refractivity contribution in [2.45, 2.75) is 12.8 Å². The minimum absolute atomic E-state index is 0.0731.